The van der Waals surface area contributed by atoms with Crippen LogP contribution in [0.2, 0.25) is 0 Å². The van der Waals surface area contributed by atoms with Crippen LogP contribution < -0.4 is 0 Å². The molecule has 5 rings (SSSR count). The monoisotopic (exact) mass is 354 g/mol. The normalized spacial score (nSPS) is 13.9. The summed E-state index contributed by atoms with van der Waals surface area (Å²) in [6.07, 6.45) is 7.34. The van der Waals surface area contributed by atoms with Gasteiger partial charge < -0.3 is 15.1 Å². The maximum atomic E-state index is 10.2. The van der Waals surface area contributed by atoms with E-state index in [1.54, 1.807) is 6.92 Å². The molecule has 0 aromatic carbocycles. The van der Waals surface area contributed by atoms with E-state index in [0.717, 1.165) is 50.4 Å². The first-order valence-corrected chi connectivity index (χ1v) is 8.89. The highest BCUT2D eigenvalue weighted by Gasteiger charge is 2.08. The van der Waals surface area contributed by atoms with Crippen molar-refractivity contribution in [3.05, 3.63) is 70.8 Å². The number of nitrogens with zero attached hydrogens (tertiary/aromatic N) is 2. The van der Waals surface area contributed by atoms with Crippen molar-refractivity contribution in [1.82, 2.24) is 19.9 Å². The number of rotatable bonds is 1. The van der Waals surface area contributed by atoms with E-state index in [1.807, 2.05) is 66.8 Å². The maximum Gasteiger partial charge on any atom is 0.0782 e. The van der Waals surface area contributed by atoms with Crippen LogP contribution in [0, 0.1) is 0 Å². The molecule has 0 fully saturated rings. The van der Waals surface area contributed by atoms with Gasteiger partial charge in [0.15, 0.2) is 0 Å². The van der Waals surface area contributed by atoms with E-state index < -0.39 is 6.10 Å². The Kier molecular flexibility index (Phi) is 3.55. The average Bonchev–Trinajstić information content (AvgIpc) is 3.38. The molecule has 0 amide bonds. The number of aliphatic hydroxyl groups excluding tert-OH is 1. The van der Waals surface area contributed by atoms with Gasteiger partial charge in [-0.2, -0.15) is 0 Å². The van der Waals surface area contributed by atoms with Gasteiger partial charge >= 0.3 is 0 Å². The van der Waals surface area contributed by atoms with Crippen molar-refractivity contribution in [2.24, 2.45) is 0 Å². The van der Waals surface area contributed by atoms with Gasteiger partial charge in [0.25, 0.3) is 0 Å². The summed E-state index contributed by atoms with van der Waals surface area (Å²) in [7, 11) is 0. The zero-order valence-corrected chi connectivity index (χ0v) is 14.8. The lowest BCUT2D eigenvalue weighted by molar-refractivity contribution is 0.201. The van der Waals surface area contributed by atoms with Crippen LogP contribution >= 0.6 is 0 Å². The quantitative estimate of drug-likeness (QED) is 0.408. The predicted molar refractivity (Wildman–Crippen MR) is 109 cm³/mol. The summed E-state index contributed by atoms with van der Waals surface area (Å²) in [5.74, 6) is 0. The van der Waals surface area contributed by atoms with Crippen LogP contribution in [0.4, 0.5) is 0 Å². The molecule has 0 saturated carbocycles. The lowest BCUT2D eigenvalue weighted by Gasteiger charge is -1.99. The fourth-order valence-corrected chi connectivity index (χ4v) is 3.39. The molecule has 8 bridgehead atoms. The van der Waals surface area contributed by atoms with Crippen LogP contribution in [0.25, 0.3) is 46.4 Å². The first-order valence-electron chi connectivity index (χ1n) is 8.89. The molecule has 0 radical (unpaired) electrons. The molecule has 5 nitrogen and oxygen atoms in total. The molecule has 0 aliphatic carbocycles. The van der Waals surface area contributed by atoms with Gasteiger partial charge in [0, 0.05) is 27.6 Å². The van der Waals surface area contributed by atoms with Crippen molar-refractivity contribution in [3.63, 3.8) is 0 Å². The molecule has 3 aromatic rings. The van der Waals surface area contributed by atoms with Crippen molar-refractivity contribution in [1.29, 1.82) is 0 Å². The van der Waals surface area contributed by atoms with Crippen LogP contribution in [0.5, 0.6) is 0 Å². The number of hydrogen-bond donors (Lipinski definition) is 3. The topological polar surface area (TPSA) is 77.6 Å². The molecule has 3 aromatic heterocycles. The highest BCUT2D eigenvalue weighted by atomic mass is 16.3. The van der Waals surface area contributed by atoms with Crippen LogP contribution in [0.15, 0.2) is 42.5 Å². The number of aromatic nitrogens is 4. The number of aromatic amines is 2. The molecule has 132 valence electrons. The Bertz CT molecular complexity index is 1260. The SMILES string of the molecule is CC(O)c1cc2cc3ccc(cc4nc(cc5nc(cc1[nH]2)C=C5)C=C4)[nH]3. The summed E-state index contributed by atoms with van der Waals surface area (Å²) in [5.41, 5.74) is 8.07. The summed E-state index contributed by atoms with van der Waals surface area (Å²) in [6.45, 7) is 1.77. The summed E-state index contributed by atoms with van der Waals surface area (Å²) in [4.78, 5) is 16.0. The number of H-pyrrole nitrogens is 2. The minimum absolute atomic E-state index is 0.572. The molecule has 27 heavy (non-hydrogen) atoms. The fourth-order valence-electron chi connectivity index (χ4n) is 3.39. The highest BCUT2D eigenvalue weighted by Crippen LogP contribution is 2.23. The maximum absolute atomic E-state index is 10.2. The Hall–Kier alpha value is -3.44. The molecule has 3 N–H and O–H groups in total. The van der Waals surface area contributed by atoms with Gasteiger partial charge in [0.05, 0.1) is 28.9 Å². The smallest absolute Gasteiger partial charge is 0.0782 e. The van der Waals surface area contributed by atoms with E-state index in [9.17, 15) is 5.11 Å². The average molecular weight is 354 g/mol. The van der Waals surface area contributed by atoms with Gasteiger partial charge in [0.2, 0.25) is 0 Å². The molecule has 1 unspecified atom stereocenters. The van der Waals surface area contributed by atoms with E-state index in [1.165, 1.54) is 0 Å². The minimum atomic E-state index is -0.572. The lowest BCUT2D eigenvalue weighted by atomic mass is 10.1. The first kappa shape index (κ1) is 15.8. The molecule has 0 spiro atoms. The van der Waals surface area contributed by atoms with Crippen LogP contribution in [0.1, 0.15) is 41.4 Å². The molecule has 5 heteroatoms. The van der Waals surface area contributed by atoms with Crippen LogP contribution in [-0.2, 0) is 0 Å². The van der Waals surface area contributed by atoms with Gasteiger partial charge in [-0.25, -0.2) is 9.97 Å². The predicted octanol–water partition coefficient (Wildman–Crippen LogP) is 4.71. The van der Waals surface area contributed by atoms with Gasteiger partial charge in [-0.05, 0) is 73.7 Å². The third kappa shape index (κ3) is 3.09. The Labute approximate surface area is 155 Å². The third-order valence-electron chi connectivity index (χ3n) is 4.65. The Morgan fingerprint density at radius 2 is 1.30 bits per heavy atom. The van der Waals surface area contributed by atoms with E-state index >= 15 is 0 Å². The second-order valence-corrected chi connectivity index (χ2v) is 6.81. The Morgan fingerprint density at radius 1 is 0.704 bits per heavy atom. The summed E-state index contributed by atoms with van der Waals surface area (Å²) < 4.78 is 0. The molecule has 1 atom stereocenters. The Morgan fingerprint density at radius 3 is 1.96 bits per heavy atom. The molecule has 2 aliphatic heterocycles. The molecule has 2 aliphatic rings. The van der Waals surface area contributed by atoms with Gasteiger partial charge in [-0.3, -0.25) is 0 Å². The standard InChI is InChI=1S/C22H18N4O/c1-13(27)21-11-20-10-18-5-4-16(24-18)8-14-2-3-15(23-14)9-17-6-7-19(25-17)12-22(21)26-20/h2-13,24,26-27H,1H3. The van der Waals surface area contributed by atoms with Gasteiger partial charge in [-0.15, -0.1) is 0 Å². The van der Waals surface area contributed by atoms with Crippen molar-refractivity contribution in [2.75, 3.05) is 0 Å². The number of aliphatic hydroxyl groups is 1. The molecular formula is C22H18N4O. The molecule has 0 saturated heterocycles. The fraction of sp³-hybridized carbons (Fsp3) is 0.0909. The van der Waals surface area contributed by atoms with E-state index in [2.05, 4.69) is 19.9 Å². The van der Waals surface area contributed by atoms with Crippen LogP contribution in [0.3, 0.4) is 0 Å². The lowest BCUT2D eigenvalue weighted by Crippen LogP contribution is -1.88. The zero-order valence-electron chi connectivity index (χ0n) is 14.8. The van der Waals surface area contributed by atoms with Gasteiger partial charge in [0.1, 0.15) is 0 Å². The van der Waals surface area contributed by atoms with Crippen molar-refractivity contribution in [2.45, 2.75) is 13.0 Å². The third-order valence-corrected chi connectivity index (χ3v) is 4.65. The van der Waals surface area contributed by atoms with Crippen molar-refractivity contribution < 1.29 is 5.11 Å². The minimum Gasteiger partial charge on any atom is -0.389 e. The molecule has 5 heterocycles. The summed E-state index contributed by atoms with van der Waals surface area (Å²) in [5, 5.41) is 10.2. The first-order chi connectivity index (χ1) is 13.1. The largest absolute Gasteiger partial charge is 0.389 e. The van der Waals surface area contributed by atoms with Crippen LogP contribution in [-0.4, -0.2) is 25.0 Å². The summed E-state index contributed by atoms with van der Waals surface area (Å²) >= 11 is 0. The highest BCUT2D eigenvalue weighted by molar-refractivity contribution is 5.78. The summed E-state index contributed by atoms with van der Waals surface area (Å²) in [6, 6.07) is 14.0. The zero-order chi connectivity index (χ0) is 18.4. The second-order valence-electron chi connectivity index (χ2n) is 6.81. The van der Waals surface area contributed by atoms with Gasteiger partial charge in [-0.1, -0.05) is 0 Å². The second kappa shape index (κ2) is 6.07. The van der Waals surface area contributed by atoms with E-state index in [-0.39, 0.29) is 0 Å². The van der Waals surface area contributed by atoms with E-state index in [4.69, 9.17) is 0 Å². The number of hydrogen-bond acceptors (Lipinski definition) is 3. The van der Waals surface area contributed by atoms with Crippen molar-refractivity contribution in [3.8, 4) is 0 Å². The van der Waals surface area contributed by atoms with E-state index in [0.29, 0.717) is 0 Å². The number of fused-ring (bicyclic) bond motifs is 8. The van der Waals surface area contributed by atoms with Crippen molar-refractivity contribution >= 4 is 46.4 Å². The number of nitrogens with one attached hydrogen (secondary N) is 2. The Balaban J connectivity index is 1.86. The molecular weight excluding hydrogens is 336 g/mol.